The molecule has 1 unspecified atom stereocenters. The minimum atomic E-state index is -3.03. The summed E-state index contributed by atoms with van der Waals surface area (Å²) in [5.74, 6) is 1.86. The summed E-state index contributed by atoms with van der Waals surface area (Å²) in [6, 6.07) is 5.63. The second-order valence-electron chi connectivity index (χ2n) is 7.90. The first-order valence-electron chi connectivity index (χ1n) is 9.66. The van der Waals surface area contributed by atoms with E-state index in [-0.39, 0.29) is 28.9 Å². The van der Waals surface area contributed by atoms with Crippen LogP contribution in [0.3, 0.4) is 0 Å². The molecule has 0 radical (unpaired) electrons. The van der Waals surface area contributed by atoms with E-state index in [1.54, 1.807) is 13.8 Å². The van der Waals surface area contributed by atoms with Crippen LogP contribution in [0.1, 0.15) is 39.2 Å². The third-order valence-corrected chi connectivity index (χ3v) is 7.69. The molecule has 1 atom stereocenters. The Bertz CT molecular complexity index is 782. The number of likely N-dealkylation sites (tertiary alicyclic amines) is 1. The Hall–Kier alpha value is -1.76. The summed E-state index contributed by atoms with van der Waals surface area (Å²) >= 11 is 0. The number of rotatable bonds is 5. The molecular weight excluding hydrogens is 366 g/mol. The Morgan fingerprint density at radius 3 is 2.59 bits per heavy atom. The highest BCUT2D eigenvalue weighted by molar-refractivity contribution is 7.91. The number of benzene rings is 1. The van der Waals surface area contributed by atoms with Crippen molar-refractivity contribution in [2.45, 2.75) is 51.4 Å². The van der Waals surface area contributed by atoms with E-state index < -0.39 is 9.84 Å². The van der Waals surface area contributed by atoms with Crippen molar-refractivity contribution in [3.05, 3.63) is 23.8 Å². The SMILES string of the molecule is CC1COc2ccc(CC(=O)N3CCC(CS(=O)(=O)C(C)C)CC3)cc2O1. The number of nitrogens with zero attached hydrogens (tertiary/aromatic N) is 1. The number of carbonyl (C=O) groups excluding carboxylic acids is 1. The standard InChI is InChI=1S/C20H29NO5S/c1-14(2)27(23,24)13-16-6-8-21(9-7-16)20(22)11-17-4-5-18-19(10-17)26-15(3)12-25-18/h4-5,10,14-16H,6-9,11-13H2,1-3H3. The van der Waals surface area contributed by atoms with Gasteiger partial charge in [0.1, 0.15) is 12.7 Å². The van der Waals surface area contributed by atoms with Crippen molar-refractivity contribution in [1.82, 2.24) is 4.90 Å². The number of piperidine rings is 1. The Kier molecular flexibility index (Phi) is 5.99. The number of hydrogen-bond donors (Lipinski definition) is 0. The van der Waals surface area contributed by atoms with Crippen LogP contribution in [0, 0.1) is 5.92 Å². The molecule has 1 amide bonds. The first-order chi connectivity index (χ1) is 12.7. The van der Waals surface area contributed by atoms with Crippen molar-refractivity contribution in [3.63, 3.8) is 0 Å². The van der Waals surface area contributed by atoms with Gasteiger partial charge in [0.2, 0.25) is 5.91 Å². The topological polar surface area (TPSA) is 72.9 Å². The van der Waals surface area contributed by atoms with Gasteiger partial charge in [-0.1, -0.05) is 6.07 Å². The molecule has 0 saturated carbocycles. The highest BCUT2D eigenvalue weighted by Crippen LogP contribution is 2.33. The fourth-order valence-corrected chi connectivity index (χ4v) is 4.86. The number of ether oxygens (including phenoxy) is 2. The van der Waals surface area contributed by atoms with Crippen LogP contribution in [-0.2, 0) is 21.1 Å². The van der Waals surface area contributed by atoms with E-state index in [1.807, 2.05) is 30.0 Å². The quantitative estimate of drug-likeness (QED) is 0.766. The molecule has 0 N–H and O–H groups in total. The van der Waals surface area contributed by atoms with Crippen molar-refractivity contribution in [1.29, 1.82) is 0 Å². The van der Waals surface area contributed by atoms with Crippen molar-refractivity contribution in [3.8, 4) is 11.5 Å². The summed E-state index contributed by atoms with van der Waals surface area (Å²) in [4.78, 5) is 14.5. The smallest absolute Gasteiger partial charge is 0.226 e. The predicted octanol–water partition coefficient (Wildman–Crippen LogP) is 2.45. The van der Waals surface area contributed by atoms with Gasteiger partial charge in [-0.3, -0.25) is 4.79 Å². The molecule has 0 aliphatic carbocycles. The maximum atomic E-state index is 12.6. The predicted molar refractivity (Wildman–Crippen MR) is 104 cm³/mol. The first kappa shape index (κ1) is 20.0. The fraction of sp³-hybridized carbons (Fsp3) is 0.650. The molecular formula is C20H29NO5S. The minimum Gasteiger partial charge on any atom is -0.486 e. The van der Waals surface area contributed by atoms with E-state index in [4.69, 9.17) is 9.47 Å². The molecule has 0 aromatic heterocycles. The Balaban J connectivity index is 1.54. The Morgan fingerprint density at radius 2 is 1.93 bits per heavy atom. The van der Waals surface area contributed by atoms with Gasteiger partial charge >= 0.3 is 0 Å². The summed E-state index contributed by atoms with van der Waals surface area (Å²) < 4.78 is 35.6. The van der Waals surface area contributed by atoms with E-state index in [9.17, 15) is 13.2 Å². The number of hydrogen-bond acceptors (Lipinski definition) is 5. The normalized spacial score (nSPS) is 20.7. The van der Waals surface area contributed by atoms with Gasteiger partial charge < -0.3 is 14.4 Å². The molecule has 2 aliphatic rings. The maximum absolute atomic E-state index is 12.6. The van der Waals surface area contributed by atoms with Gasteiger partial charge in [-0.2, -0.15) is 0 Å². The van der Waals surface area contributed by atoms with Gasteiger partial charge in [0.25, 0.3) is 0 Å². The van der Waals surface area contributed by atoms with Gasteiger partial charge in [0.05, 0.1) is 17.4 Å². The molecule has 27 heavy (non-hydrogen) atoms. The summed E-state index contributed by atoms with van der Waals surface area (Å²) in [5, 5.41) is -0.338. The number of amides is 1. The van der Waals surface area contributed by atoms with Gasteiger partial charge in [0, 0.05) is 13.1 Å². The van der Waals surface area contributed by atoms with Crippen LogP contribution in [0.4, 0.5) is 0 Å². The molecule has 2 heterocycles. The lowest BCUT2D eigenvalue weighted by Crippen LogP contribution is -2.41. The molecule has 1 saturated heterocycles. The number of sulfone groups is 1. The molecule has 7 heteroatoms. The van der Waals surface area contributed by atoms with Crippen LogP contribution < -0.4 is 9.47 Å². The summed E-state index contributed by atoms with van der Waals surface area (Å²) in [6.45, 7) is 7.18. The third kappa shape index (κ3) is 4.94. The largest absolute Gasteiger partial charge is 0.486 e. The molecule has 1 aromatic carbocycles. The molecule has 3 rings (SSSR count). The van der Waals surface area contributed by atoms with Crippen molar-refractivity contribution >= 4 is 15.7 Å². The van der Waals surface area contributed by atoms with Crippen LogP contribution in [-0.4, -0.2) is 56.0 Å². The van der Waals surface area contributed by atoms with Gasteiger partial charge in [-0.15, -0.1) is 0 Å². The van der Waals surface area contributed by atoms with E-state index in [1.165, 1.54) is 0 Å². The van der Waals surface area contributed by atoms with Crippen LogP contribution >= 0.6 is 0 Å². The zero-order chi connectivity index (χ0) is 19.6. The number of carbonyl (C=O) groups is 1. The minimum absolute atomic E-state index is 0.00426. The van der Waals surface area contributed by atoms with Crippen molar-refractivity contribution in [2.24, 2.45) is 5.92 Å². The number of fused-ring (bicyclic) bond motifs is 1. The first-order valence-corrected chi connectivity index (χ1v) is 11.4. The molecule has 6 nitrogen and oxygen atoms in total. The zero-order valence-corrected chi connectivity index (χ0v) is 17.1. The lowest BCUT2D eigenvalue weighted by molar-refractivity contribution is -0.131. The van der Waals surface area contributed by atoms with Crippen LogP contribution in [0.15, 0.2) is 18.2 Å². The third-order valence-electron chi connectivity index (χ3n) is 5.32. The van der Waals surface area contributed by atoms with Gasteiger partial charge in [-0.05, 0) is 57.2 Å². The van der Waals surface area contributed by atoms with E-state index in [0.717, 1.165) is 24.2 Å². The summed E-state index contributed by atoms with van der Waals surface area (Å²) in [7, 11) is -3.03. The second kappa shape index (κ2) is 8.09. The van der Waals surface area contributed by atoms with E-state index >= 15 is 0 Å². The van der Waals surface area contributed by atoms with Crippen LogP contribution in [0.25, 0.3) is 0 Å². The summed E-state index contributed by atoms with van der Waals surface area (Å²) in [5.41, 5.74) is 0.904. The van der Waals surface area contributed by atoms with Crippen molar-refractivity contribution < 1.29 is 22.7 Å². The molecule has 1 aromatic rings. The maximum Gasteiger partial charge on any atom is 0.226 e. The molecule has 150 valence electrons. The Labute approximate surface area is 161 Å². The van der Waals surface area contributed by atoms with Gasteiger partial charge in [0.15, 0.2) is 21.3 Å². The summed E-state index contributed by atoms with van der Waals surface area (Å²) in [6.07, 6.45) is 1.82. The molecule has 0 bridgehead atoms. The van der Waals surface area contributed by atoms with E-state index in [0.29, 0.717) is 31.9 Å². The molecule has 2 aliphatic heterocycles. The lowest BCUT2D eigenvalue weighted by Gasteiger charge is -2.32. The highest BCUT2D eigenvalue weighted by Gasteiger charge is 2.28. The zero-order valence-electron chi connectivity index (χ0n) is 16.3. The van der Waals surface area contributed by atoms with Gasteiger partial charge in [-0.25, -0.2) is 8.42 Å². The fourth-order valence-electron chi connectivity index (χ4n) is 3.49. The average Bonchev–Trinajstić information content (AvgIpc) is 2.61. The molecule has 1 fully saturated rings. The highest BCUT2D eigenvalue weighted by atomic mass is 32.2. The monoisotopic (exact) mass is 395 g/mol. The van der Waals surface area contributed by atoms with Crippen LogP contribution in [0.2, 0.25) is 0 Å². The second-order valence-corrected chi connectivity index (χ2v) is 10.5. The average molecular weight is 396 g/mol. The lowest BCUT2D eigenvalue weighted by atomic mass is 9.98. The Morgan fingerprint density at radius 1 is 1.22 bits per heavy atom. The molecule has 0 spiro atoms. The van der Waals surface area contributed by atoms with Crippen LogP contribution in [0.5, 0.6) is 11.5 Å². The van der Waals surface area contributed by atoms with E-state index in [2.05, 4.69) is 0 Å². The van der Waals surface area contributed by atoms with Crippen molar-refractivity contribution in [2.75, 3.05) is 25.4 Å².